The smallest absolute Gasteiger partial charge is 0.251 e. The maximum atomic E-state index is 12.1. The molecule has 0 saturated heterocycles. The van der Waals surface area contributed by atoms with E-state index in [2.05, 4.69) is 15.5 Å². The third-order valence-corrected chi connectivity index (χ3v) is 3.23. The highest BCUT2D eigenvalue weighted by molar-refractivity contribution is 5.94. The predicted octanol–water partition coefficient (Wildman–Crippen LogP) is 2.98. The SMILES string of the molecule is Cc1nc(CNC(=O)c2ccc(-c3ccccc3)cc2)no1. The number of carbonyl (C=O) groups is 1. The lowest BCUT2D eigenvalue weighted by molar-refractivity contribution is 0.0949. The molecule has 0 bridgehead atoms. The third-order valence-electron chi connectivity index (χ3n) is 3.23. The molecule has 1 N–H and O–H groups in total. The number of amides is 1. The summed E-state index contributed by atoms with van der Waals surface area (Å²) in [7, 11) is 0. The number of carbonyl (C=O) groups excluding carboxylic acids is 1. The Bertz CT molecular complexity index is 764. The Morgan fingerprint density at radius 2 is 1.73 bits per heavy atom. The van der Waals surface area contributed by atoms with Gasteiger partial charge in [-0.2, -0.15) is 4.98 Å². The topological polar surface area (TPSA) is 68.0 Å². The van der Waals surface area contributed by atoms with E-state index in [0.717, 1.165) is 11.1 Å². The van der Waals surface area contributed by atoms with Gasteiger partial charge in [0, 0.05) is 12.5 Å². The molecule has 22 heavy (non-hydrogen) atoms. The van der Waals surface area contributed by atoms with Crippen LogP contribution in [0.15, 0.2) is 59.1 Å². The fourth-order valence-corrected chi connectivity index (χ4v) is 2.12. The van der Waals surface area contributed by atoms with Gasteiger partial charge in [-0.15, -0.1) is 0 Å². The van der Waals surface area contributed by atoms with Gasteiger partial charge in [0.1, 0.15) is 0 Å². The normalized spacial score (nSPS) is 10.4. The van der Waals surface area contributed by atoms with Crippen LogP contribution in [0.2, 0.25) is 0 Å². The molecule has 0 unspecified atom stereocenters. The second-order valence-corrected chi connectivity index (χ2v) is 4.86. The van der Waals surface area contributed by atoms with E-state index < -0.39 is 0 Å². The van der Waals surface area contributed by atoms with Gasteiger partial charge >= 0.3 is 0 Å². The molecule has 0 atom stereocenters. The molecular weight excluding hydrogens is 278 g/mol. The highest BCUT2D eigenvalue weighted by Gasteiger charge is 2.08. The van der Waals surface area contributed by atoms with E-state index in [1.165, 1.54) is 0 Å². The zero-order chi connectivity index (χ0) is 15.4. The Kier molecular flexibility index (Phi) is 3.96. The molecule has 3 rings (SSSR count). The van der Waals surface area contributed by atoms with Gasteiger partial charge in [-0.25, -0.2) is 0 Å². The number of benzene rings is 2. The van der Waals surface area contributed by atoms with Gasteiger partial charge in [-0.05, 0) is 23.3 Å². The van der Waals surface area contributed by atoms with Crippen molar-refractivity contribution in [2.24, 2.45) is 0 Å². The number of nitrogens with one attached hydrogen (secondary N) is 1. The lowest BCUT2D eigenvalue weighted by atomic mass is 10.0. The third kappa shape index (κ3) is 3.20. The Labute approximate surface area is 128 Å². The van der Waals surface area contributed by atoms with Gasteiger partial charge in [0.2, 0.25) is 5.89 Å². The Morgan fingerprint density at radius 1 is 1.05 bits per heavy atom. The Morgan fingerprint density at radius 3 is 2.36 bits per heavy atom. The Hall–Kier alpha value is -2.95. The summed E-state index contributed by atoms with van der Waals surface area (Å²) in [6.07, 6.45) is 0. The van der Waals surface area contributed by atoms with Gasteiger partial charge in [-0.1, -0.05) is 47.6 Å². The number of hydrogen-bond acceptors (Lipinski definition) is 4. The first-order valence-corrected chi connectivity index (χ1v) is 6.95. The molecule has 2 aromatic carbocycles. The summed E-state index contributed by atoms with van der Waals surface area (Å²) < 4.78 is 4.85. The predicted molar refractivity (Wildman–Crippen MR) is 82.1 cm³/mol. The van der Waals surface area contributed by atoms with Crippen molar-refractivity contribution in [3.8, 4) is 11.1 Å². The summed E-state index contributed by atoms with van der Waals surface area (Å²) in [4.78, 5) is 16.1. The van der Waals surface area contributed by atoms with Crippen LogP contribution in [0, 0.1) is 6.92 Å². The summed E-state index contributed by atoms with van der Waals surface area (Å²) in [5.74, 6) is 0.783. The molecule has 0 saturated carbocycles. The number of hydrogen-bond donors (Lipinski definition) is 1. The zero-order valence-electron chi connectivity index (χ0n) is 12.1. The van der Waals surface area contributed by atoms with Crippen LogP contribution >= 0.6 is 0 Å². The van der Waals surface area contributed by atoms with Crippen LogP contribution in [0.5, 0.6) is 0 Å². The largest absolute Gasteiger partial charge is 0.345 e. The fourth-order valence-electron chi connectivity index (χ4n) is 2.12. The molecule has 3 aromatic rings. The molecule has 0 aliphatic carbocycles. The summed E-state index contributed by atoms with van der Waals surface area (Å²) >= 11 is 0. The molecule has 5 nitrogen and oxygen atoms in total. The first-order valence-electron chi connectivity index (χ1n) is 6.95. The van der Waals surface area contributed by atoms with Gasteiger partial charge in [-0.3, -0.25) is 4.79 Å². The van der Waals surface area contributed by atoms with Gasteiger partial charge < -0.3 is 9.84 Å². The van der Waals surface area contributed by atoms with E-state index in [0.29, 0.717) is 17.3 Å². The zero-order valence-corrected chi connectivity index (χ0v) is 12.1. The van der Waals surface area contributed by atoms with Gasteiger partial charge in [0.25, 0.3) is 5.91 Å². The maximum absolute atomic E-state index is 12.1. The van der Waals surface area contributed by atoms with Crippen molar-refractivity contribution in [1.82, 2.24) is 15.5 Å². The van der Waals surface area contributed by atoms with E-state index >= 15 is 0 Å². The molecular formula is C17H15N3O2. The molecule has 0 spiro atoms. The minimum absolute atomic E-state index is 0.165. The van der Waals surface area contributed by atoms with Crippen molar-refractivity contribution in [3.05, 3.63) is 71.9 Å². The number of rotatable bonds is 4. The summed E-state index contributed by atoms with van der Waals surface area (Å²) in [5.41, 5.74) is 2.79. The number of nitrogens with zero attached hydrogens (tertiary/aromatic N) is 2. The monoisotopic (exact) mass is 293 g/mol. The number of aromatic nitrogens is 2. The molecule has 110 valence electrons. The molecule has 1 heterocycles. The van der Waals surface area contributed by atoms with Crippen molar-refractivity contribution < 1.29 is 9.32 Å². The van der Waals surface area contributed by atoms with Crippen molar-refractivity contribution in [1.29, 1.82) is 0 Å². The van der Waals surface area contributed by atoms with Crippen LogP contribution in [0.4, 0.5) is 0 Å². The van der Waals surface area contributed by atoms with E-state index in [9.17, 15) is 4.79 Å². The molecule has 0 aliphatic heterocycles. The van der Waals surface area contributed by atoms with Crippen LogP contribution in [0.25, 0.3) is 11.1 Å². The maximum Gasteiger partial charge on any atom is 0.251 e. The van der Waals surface area contributed by atoms with Crippen LogP contribution < -0.4 is 5.32 Å². The summed E-state index contributed by atoms with van der Waals surface area (Å²) in [5, 5.41) is 6.50. The molecule has 0 aliphatic rings. The average Bonchev–Trinajstić information content (AvgIpc) is 2.99. The van der Waals surface area contributed by atoms with Crippen LogP contribution in [0.1, 0.15) is 22.1 Å². The average molecular weight is 293 g/mol. The fraction of sp³-hybridized carbons (Fsp3) is 0.118. The summed E-state index contributed by atoms with van der Waals surface area (Å²) in [6.45, 7) is 1.96. The van der Waals surface area contributed by atoms with Gasteiger partial charge in [0.05, 0.1) is 6.54 Å². The van der Waals surface area contributed by atoms with Crippen molar-refractivity contribution in [2.75, 3.05) is 0 Å². The highest BCUT2D eigenvalue weighted by atomic mass is 16.5. The van der Waals surface area contributed by atoms with Crippen LogP contribution in [-0.4, -0.2) is 16.0 Å². The van der Waals surface area contributed by atoms with Crippen molar-refractivity contribution in [3.63, 3.8) is 0 Å². The second kappa shape index (κ2) is 6.22. The van der Waals surface area contributed by atoms with Gasteiger partial charge in [0.15, 0.2) is 5.82 Å². The minimum Gasteiger partial charge on any atom is -0.345 e. The van der Waals surface area contributed by atoms with Crippen LogP contribution in [-0.2, 0) is 6.54 Å². The highest BCUT2D eigenvalue weighted by Crippen LogP contribution is 2.19. The summed E-state index contributed by atoms with van der Waals surface area (Å²) in [6, 6.07) is 17.5. The van der Waals surface area contributed by atoms with E-state index in [4.69, 9.17) is 4.52 Å². The first-order chi connectivity index (χ1) is 10.7. The minimum atomic E-state index is -0.165. The Balaban J connectivity index is 1.66. The van der Waals surface area contributed by atoms with Crippen molar-refractivity contribution in [2.45, 2.75) is 13.5 Å². The molecule has 1 aromatic heterocycles. The molecule has 5 heteroatoms. The van der Waals surface area contributed by atoms with E-state index in [1.54, 1.807) is 19.1 Å². The second-order valence-electron chi connectivity index (χ2n) is 4.86. The quantitative estimate of drug-likeness (QED) is 0.803. The molecule has 1 amide bonds. The van der Waals surface area contributed by atoms with E-state index in [-0.39, 0.29) is 12.5 Å². The standard InChI is InChI=1S/C17H15N3O2/c1-12-19-16(20-22-12)11-18-17(21)15-9-7-14(8-10-15)13-5-3-2-4-6-13/h2-10H,11H2,1H3,(H,18,21). The lowest BCUT2D eigenvalue weighted by Gasteiger charge is -2.05. The molecule has 0 fully saturated rings. The van der Waals surface area contributed by atoms with Crippen LogP contribution in [0.3, 0.4) is 0 Å². The first kappa shape index (κ1) is 14.0. The number of aryl methyl sites for hydroxylation is 1. The molecule has 0 radical (unpaired) electrons. The van der Waals surface area contributed by atoms with Crippen molar-refractivity contribution >= 4 is 5.91 Å². The lowest BCUT2D eigenvalue weighted by Crippen LogP contribution is -2.23. The van der Waals surface area contributed by atoms with E-state index in [1.807, 2.05) is 42.5 Å².